The number of alkyl halides is 1. The van der Waals surface area contributed by atoms with Gasteiger partial charge in [0.25, 0.3) is 0 Å². The molecular weight excluding hydrogens is 548 g/mol. The molecule has 3 aromatic rings. The van der Waals surface area contributed by atoms with Crippen LogP contribution in [0.15, 0.2) is 41.4 Å². The van der Waals surface area contributed by atoms with E-state index in [1.54, 1.807) is 18.2 Å². The molecule has 216 valence electrons. The number of halogens is 4. The lowest BCUT2D eigenvalue weighted by Crippen LogP contribution is -2.42. The standard InChI is InChI=1S/C29H32F4N2O4S/c1-39-19-2-3-24-21(12-19)27(18(16-30)17-34-24)25(36)4-5-29(15-26(37)38)6-8-35(9-7-29)10-11-40-20-13-22(31)28(33)23(32)14-20/h2-3,12-14,17,25,36H,4-11,15-16H2,1H3,(H,37,38)/t25-/m0/s1. The van der Waals surface area contributed by atoms with Crippen molar-refractivity contribution in [2.75, 3.05) is 32.5 Å². The van der Waals surface area contributed by atoms with Gasteiger partial charge in [-0.05, 0) is 80.1 Å². The van der Waals surface area contributed by atoms with Gasteiger partial charge >= 0.3 is 5.97 Å². The highest BCUT2D eigenvalue weighted by Crippen LogP contribution is 2.42. The smallest absolute Gasteiger partial charge is 0.303 e. The first-order valence-corrected chi connectivity index (χ1v) is 14.0. The number of aromatic nitrogens is 1. The van der Waals surface area contributed by atoms with Crippen molar-refractivity contribution in [1.29, 1.82) is 0 Å². The van der Waals surface area contributed by atoms with E-state index in [1.807, 2.05) is 0 Å². The topological polar surface area (TPSA) is 82.9 Å². The Bertz CT molecular complexity index is 1320. The van der Waals surface area contributed by atoms with E-state index in [-0.39, 0.29) is 18.4 Å². The summed E-state index contributed by atoms with van der Waals surface area (Å²) < 4.78 is 59.3. The van der Waals surface area contributed by atoms with Crippen LogP contribution in [0.4, 0.5) is 17.6 Å². The normalized spacial score (nSPS) is 16.2. The van der Waals surface area contributed by atoms with Crippen LogP contribution < -0.4 is 4.74 Å². The summed E-state index contributed by atoms with van der Waals surface area (Å²) in [7, 11) is 1.52. The fraction of sp³-hybridized carbons (Fsp3) is 0.448. The number of methoxy groups -OCH3 is 1. The van der Waals surface area contributed by atoms with Crippen molar-refractivity contribution >= 4 is 28.6 Å². The molecule has 0 bridgehead atoms. The van der Waals surface area contributed by atoms with Crippen LogP contribution in [0.3, 0.4) is 0 Å². The molecular formula is C29H32F4N2O4S. The maximum Gasteiger partial charge on any atom is 0.303 e. The molecule has 0 saturated carbocycles. The van der Waals surface area contributed by atoms with Gasteiger partial charge in [0.2, 0.25) is 0 Å². The molecule has 2 heterocycles. The van der Waals surface area contributed by atoms with E-state index < -0.39 is 41.6 Å². The number of aliphatic carboxylic acids is 1. The third-order valence-corrected chi connectivity index (χ3v) is 8.66. The molecule has 0 spiro atoms. The Morgan fingerprint density at radius 3 is 2.50 bits per heavy atom. The van der Waals surface area contributed by atoms with Crippen LogP contribution in [0.5, 0.6) is 5.75 Å². The zero-order chi connectivity index (χ0) is 28.9. The summed E-state index contributed by atoms with van der Waals surface area (Å²) >= 11 is 1.22. The predicted octanol–water partition coefficient (Wildman–Crippen LogP) is 6.29. The third kappa shape index (κ3) is 7.05. The third-order valence-electron chi connectivity index (χ3n) is 7.70. The van der Waals surface area contributed by atoms with Gasteiger partial charge in [-0.25, -0.2) is 17.6 Å². The highest BCUT2D eigenvalue weighted by molar-refractivity contribution is 7.99. The molecule has 1 aliphatic heterocycles. The van der Waals surface area contributed by atoms with Crippen LogP contribution in [0.1, 0.15) is 49.3 Å². The van der Waals surface area contributed by atoms with Gasteiger partial charge in [0.15, 0.2) is 17.5 Å². The van der Waals surface area contributed by atoms with Gasteiger partial charge in [0, 0.05) is 34.3 Å². The van der Waals surface area contributed by atoms with Crippen LogP contribution in [-0.2, 0) is 11.5 Å². The molecule has 2 aromatic carbocycles. The summed E-state index contributed by atoms with van der Waals surface area (Å²) in [6.45, 7) is 1.07. The van der Waals surface area contributed by atoms with Crippen molar-refractivity contribution in [2.45, 2.75) is 49.8 Å². The van der Waals surface area contributed by atoms with E-state index in [9.17, 15) is 32.6 Å². The summed E-state index contributed by atoms with van der Waals surface area (Å²) in [4.78, 5) is 18.5. The molecule has 1 aromatic heterocycles. The first-order chi connectivity index (χ1) is 19.1. The van der Waals surface area contributed by atoms with E-state index in [0.29, 0.717) is 71.8 Å². The summed E-state index contributed by atoms with van der Waals surface area (Å²) in [6, 6.07) is 7.15. The number of likely N-dealkylation sites (tertiary alicyclic amines) is 1. The molecule has 0 radical (unpaired) electrons. The number of rotatable bonds is 12. The highest BCUT2D eigenvalue weighted by Gasteiger charge is 2.37. The molecule has 1 saturated heterocycles. The largest absolute Gasteiger partial charge is 0.497 e. The fourth-order valence-corrected chi connectivity index (χ4v) is 6.40. The van der Waals surface area contributed by atoms with Crippen LogP contribution in [-0.4, -0.2) is 58.6 Å². The fourth-order valence-electron chi connectivity index (χ4n) is 5.44. The average molecular weight is 581 g/mol. The second-order valence-corrected chi connectivity index (χ2v) is 11.4. The average Bonchev–Trinajstić information content (AvgIpc) is 2.94. The summed E-state index contributed by atoms with van der Waals surface area (Å²) in [5, 5.41) is 21.5. The molecule has 11 heteroatoms. The lowest BCUT2D eigenvalue weighted by Gasteiger charge is -2.41. The minimum absolute atomic E-state index is 0.0443. The second-order valence-electron chi connectivity index (χ2n) is 10.2. The molecule has 40 heavy (non-hydrogen) atoms. The number of nitrogens with zero attached hydrogens (tertiary/aromatic N) is 2. The Kier molecular flexibility index (Phi) is 9.91. The lowest BCUT2D eigenvalue weighted by molar-refractivity contribution is -0.141. The maximum absolute atomic E-state index is 13.9. The Balaban J connectivity index is 1.40. The molecule has 4 rings (SSSR count). The molecule has 6 nitrogen and oxygen atoms in total. The quantitative estimate of drug-likeness (QED) is 0.148. The Morgan fingerprint density at radius 2 is 1.88 bits per heavy atom. The van der Waals surface area contributed by atoms with Gasteiger partial charge in [-0.15, -0.1) is 11.8 Å². The van der Waals surface area contributed by atoms with Crippen molar-refractivity contribution in [3.05, 3.63) is 65.1 Å². The number of carboxylic acid groups (broad SMARTS) is 1. The SMILES string of the molecule is COc1ccc2ncc(CF)c([C@@H](O)CCC3(CC(=O)O)CCN(CCSc4cc(F)c(F)c(F)c4)CC3)c2c1. The van der Waals surface area contributed by atoms with Gasteiger partial charge in [-0.3, -0.25) is 9.78 Å². The first-order valence-electron chi connectivity index (χ1n) is 13.1. The maximum atomic E-state index is 13.9. The van der Waals surface area contributed by atoms with Crippen molar-refractivity contribution in [3.63, 3.8) is 0 Å². The summed E-state index contributed by atoms with van der Waals surface area (Å²) in [5.74, 6) is -3.77. The number of hydrogen-bond acceptors (Lipinski definition) is 6. The number of piperidine rings is 1. The zero-order valence-electron chi connectivity index (χ0n) is 22.1. The minimum atomic E-state index is -1.49. The number of carbonyl (C=O) groups is 1. The number of pyridine rings is 1. The lowest BCUT2D eigenvalue weighted by atomic mass is 9.71. The van der Waals surface area contributed by atoms with Crippen LogP contribution >= 0.6 is 11.8 Å². The van der Waals surface area contributed by atoms with Crippen LogP contribution in [0.25, 0.3) is 10.9 Å². The van der Waals surface area contributed by atoms with Crippen molar-refractivity contribution in [3.8, 4) is 5.75 Å². The molecule has 0 aliphatic carbocycles. The Hall–Kier alpha value is -2.89. The highest BCUT2D eigenvalue weighted by atomic mass is 32.2. The van der Waals surface area contributed by atoms with Gasteiger partial charge in [-0.2, -0.15) is 0 Å². The number of hydrogen-bond donors (Lipinski definition) is 2. The Morgan fingerprint density at radius 1 is 1.18 bits per heavy atom. The van der Waals surface area contributed by atoms with Crippen LogP contribution in [0.2, 0.25) is 0 Å². The van der Waals surface area contributed by atoms with E-state index >= 15 is 0 Å². The number of thioether (sulfide) groups is 1. The summed E-state index contributed by atoms with van der Waals surface area (Å²) in [6.07, 6.45) is 2.25. The molecule has 1 atom stereocenters. The number of carboxylic acids is 1. The molecule has 0 amide bonds. The van der Waals surface area contributed by atoms with Crippen molar-refractivity contribution < 1.29 is 37.3 Å². The molecule has 2 N–H and O–H groups in total. The van der Waals surface area contributed by atoms with E-state index in [4.69, 9.17) is 4.74 Å². The monoisotopic (exact) mass is 580 g/mol. The van der Waals surface area contributed by atoms with Gasteiger partial charge in [0.1, 0.15) is 12.4 Å². The van der Waals surface area contributed by atoms with Gasteiger partial charge in [-0.1, -0.05) is 0 Å². The first kappa shape index (κ1) is 30.1. The Labute approximate surface area is 234 Å². The molecule has 1 aliphatic rings. The van der Waals surface area contributed by atoms with Crippen molar-refractivity contribution in [1.82, 2.24) is 9.88 Å². The van der Waals surface area contributed by atoms with Gasteiger partial charge < -0.3 is 19.8 Å². The number of aliphatic hydroxyl groups excluding tert-OH is 1. The van der Waals surface area contributed by atoms with E-state index in [1.165, 1.54) is 25.1 Å². The zero-order valence-corrected chi connectivity index (χ0v) is 23.0. The molecule has 0 unspecified atom stereocenters. The number of benzene rings is 2. The number of aliphatic hydroxyl groups is 1. The number of ether oxygens (including phenoxy) is 1. The molecule has 1 fully saturated rings. The minimum Gasteiger partial charge on any atom is -0.497 e. The number of fused-ring (bicyclic) bond motifs is 1. The van der Waals surface area contributed by atoms with Gasteiger partial charge in [0.05, 0.1) is 25.2 Å². The van der Waals surface area contributed by atoms with E-state index in [0.717, 1.165) is 12.1 Å². The van der Waals surface area contributed by atoms with E-state index in [2.05, 4.69) is 9.88 Å². The predicted molar refractivity (Wildman–Crippen MR) is 145 cm³/mol. The van der Waals surface area contributed by atoms with Crippen LogP contribution in [0, 0.1) is 22.9 Å². The summed E-state index contributed by atoms with van der Waals surface area (Å²) in [5.41, 5.74) is 0.800. The van der Waals surface area contributed by atoms with Crippen molar-refractivity contribution in [2.24, 2.45) is 5.41 Å². The second kappa shape index (κ2) is 13.2.